The van der Waals surface area contributed by atoms with Crippen LogP contribution < -0.4 is 5.73 Å². The van der Waals surface area contributed by atoms with E-state index in [0.29, 0.717) is 17.1 Å². The van der Waals surface area contributed by atoms with Crippen LogP contribution in [0, 0.1) is 0 Å². The Kier molecular flexibility index (Phi) is 3.86. The third kappa shape index (κ3) is 2.94. The number of anilines is 1. The zero-order valence-electron chi connectivity index (χ0n) is 9.32. The lowest BCUT2D eigenvalue weighted by molar-refractivity contribution is 0.519. The quantitative estimate of drug-likeness (QED) is 0.836. The smallest absolute Gasteiger partial charge is 0.145 e. The van der Waals surface area contributed by atoms with Crippen LogP contribution in [0.15, 0.2) is 6.07 Å². The van der Waals surface area contributed by atoms with Crippen LogP contribution in [-0.2, 0) is 5.75 Å². The van der Waals surface area contributed by atoms with Gasteiger partial charge in [0.1, 0.15) is 5.82 Å². The average molecular weight is 213 g/mol. The van der Waals surface area contributed by atoms with Crippen LogP contribution in [0.2, 0.25) is 0 Å². The summed E-state index contributed by atoms with van der Waals surface area (Å²) in [6, 6.07) is 2.35. The van der Waals surface area contributed by atoms with Gasteiger partial charge < -0.3 is 5.73 Å². The van der Waals surface area contributed by atoms with Crippen molar-refractivity contribution in [2.45, 2.75) is 44.7 Å². The standard InChI is InChI=1S/C10H19N3S/c1-7(2)13-9(5-10(11)12-13)6-14-8(3)4/h5,7-8H,6H2,1-4H3,(H2,11,12). The predicted octanol–water partition coefficient (Wildman–Crippen LogP) is 2.69. The molecular weight excluding hydrogens is 194 g/mol. The summed E-state index contributed by atoms with van der Waals surface area (Å²) in [6.45, 7) is 8.64. The first-order chi connectivity index (χ1) is 6.50. The van der Waals surface area contributed by atoms with Gasteiger partial charge in [0, 0.05) is 17.9 Å². The average Bonchev–Trinajstić information content (AvgIpc) is 2.43. The van der Waals surface area contributed by atoms with Crippen molar-refractivity contribution in [3.8, 4) is 0 Å². The molecular formula is C10H19N3S. The Morgan fingerprint density at radius 1 is 1.43 bits per heavy atom. The molecule has 0 saturated heterocycles. The fraction of sp³-hybridized carbons (Fsp3) is 0.700. The number of aromatic nitrogens is 2. The molecule has 0 spiro atoms. The van der Waals surface area contributed by atoms with Gasteiger partial charge in [0.2, 0.25) is 0 Å². The maximum absolute atomic E-state index is 5.68. The van der Waals surface area contributed by atoms with Gasteiger partial charge >= 0.3 is 0 Å². The van der Waals surface area contributed by atoms with Gasteiger partial charge in [-0.2, -0.15) is 16.9 Å². The van der Waals surface area contributed by atoms with E-state index >= 15 is 0 Å². The highest BCUT2D eigenvalue weighted by Crippen LogP contribution is 2.21. The zero-order valence-corrected chi connectivity index (χ0v) is 10.1. The molecule has 1 aromatic rings. The summed E-state index contributed by atoms with van der Waals surface area (Å²) in [5.74, 6) is 1.61. The second-order valence-electron chi connectivity index (χ2n) is 3.96. The second-order valence-corrected chi connectivity index (χ2v) is 5.52. The van der Waals surface area contributed by atoms with Crippen LogP contribution >= 0.6 is 11.8 Å². The number of nitrogen functional groups attached to an aromatic ring is 1. The Morgan fingerprint density at radius 3 is 2.57 bits per heavy atom. The number of hydrogen-bond donors (Lipinski definition) is 1. The number of hydrogen-bond acceptors (Lipinski definition) is 3. The normalized spacial score (nSPS) is 11.6. The summed E-state index contributed by atoms with van der Waals surface area (Å²) < 4.78 is 2.00. The number of thioether (sulfide) groups is 1. The summed E-state index contributed by atoms with van der Waals surface area (Å²) >= 11 is 1.91. The fourth-order valence-corrected chi connectivity index (χ4v) is 1.98. The van der Waals surface area contributed by atoms with Crippen molar-refractivity contribution in [2.24, 2.45) is 0 Å². The second kappa shape index (κ2) is 4.73. The van der Waals surface area contributed by atoms with E-state index in [1.165, 1.54) is 5.69 Å². The van der Waals surface area contributed by atoms with Crippen LogP contribution in [0.1, 0.15) is 39.4 Å². The van der Waals surface area contributed by atoms with Crippen LogP contribution in [0.4, 0.5) is 5.82 Å². The molecule has 1 heterocycles. The molecule has 0 saturated carbocycles. The minimum absolute atomic E-state index is 0.384. The predicted molar refractivity (Wildman–Crippen MR) is 63.5 cm³/mol. The maximum Gasteiger partial charge on any atom is 0.145 e. The van der Waals surface area contributed by atoms with Gasteiger partial charge in [0.25, 0.3) is 0 Å². The number of rotatable bonds is 4. The zero-order chi connectivity index (χ0) is 10.7. The number of nitrogens with zero attached hydrogens (tertiary/aromatic N) is 2. The molecule has 0 bridgehead atoms. The highest BCUT2D eigenvalue weighted by molar-refractivity contribution is 7.99. The lowest BCUT2D eigenvalue weighted by atomic mass is 10.4. The summed E-state index contributed by atoms with van der Waals surface area (Å²) in [7, 11) is 0. The van der Waals surface area contributed by atoms with E-state index in [0.717, 1.165) is 5.75 Å². The molecule has 14 heavy (non-hydrogen) atoms. The van der Waals surface area contributed by atoms with Crippen LogP contribution in [0.5, 0.6) is 0 Å². The lowest BCUT2D eigenvalue weighted by Gasteiger charge is -2.11. The van der Waals surface area contributed by atoms with E-state index in [1.807, 2.05) is 22.5 Å². The molecule has 0 unspecified atom stereocenters. The minimum atomic E-state index is 0.384. The third-order valence-electron chi connectivity index (χ3n) is 1.89. The molecule has 1 aromatic heterocycles. The van der Waals surface area contributed by atoms with Crippen molar-refractivity contribution in [1.29, 1.82) is 0 Å². The van der Waals surface area contributed by atoms with Crippen molar-refractivity contribution < 1.29 is 0 Å². The summed E-state index contributed by atoms with van der Waals surface area (Å²) in [6.07, 6.45) is 0. The molecule has 0 amide bonds. The van der Waals surface area contributed by atoms with Gasteiger partial charge in [0.15, 0.2) is 0 Å². The highest BCUT2D eigenvalue weighted by Gasteiger charge is 2.09. The molecule has 1 rings (SSSR count). The van der Waals surface area contributed by atoms with Gasteiger partial charge in [-0.3, -0.25) is 4.68 Å². The van der Waals surface area contributed by atoms with E-state index in [1.54, 1.807) is 0 Å². The van der Waals surface area contributed by atoms with Crippen molar-refractivity contribution in [3.63, 3.8) is 0 Å². The Hall–Kier alpha value is -0.640. The Labute approximate surface area is 90.1 Å². The van der Waals surface area contributed by atoms with Crippen molar-refractivity contribution in [2.75, 3.05) is 5.73 Å². The molecule has 0 aliphatic heterocycles. The molecule has 3 nitrogen and oxygen atoms in total. The first-order valence-electron chi connectivity index (χ1n) is 4.96. The molecule has 0 aliphatic carbocycles. The molecule has 2 N–H and O–H groups in total. The Bertz CT molecular complexity index is 292. The monoisotopic (exact) mass is 213 g/mol. The van der Waals surface area contributed by atoms with Crippen molar-refractivity contribution >= 4 is 17.6 Å². The van der Waals surface area contributed by atoms with E-state index in [4.69, 9.17) is 5.73 Å². The van der Waals surface area contributed by atoms with Crippen molar-refractivity contribution in [3.05, 3.63) is 11.8 Å². The van der Waals surface area contributed by atoms with Crippen LogP contribution in [0.25, 0.3) is 0 Å². The maximum atomic E-state index is 5.68. The van der Waals surface area contributed by atoms with Gasteiger partial charge in [-0.15, -0.1) is 0 Å². The van der Waals surface area contributed by atoms with E-state index in [-0.39, 0.29) is 0 Å². The summed E-state index contributed by atoms with van der Waals surface area (Å²) in [5, 5.41) is 4.91. The summed E-state index contributed by atoms with van der Waals surface area (Å²) in [5.41, 5.74) is 6.90. The largest absolute Gasteiger partial charge is 0.382 e. The van der Waals surface area contributed by atoms with E-state index in [9.17, 15) is 0 Å². The number of nitrogens with two attached hydrogens (primary N) is 1. The van der Waals surface area contributed by atoms with E-state index < -0.39 is 0 Å². The molecule has 0 aliphatic rings. The SMILES string of the molecule is CC(C)SCc1cc(N)nn1C(C)C. The Morgan fingerprint density at radius 2 is 2.07 bits per heavy atom. The van der Waals surface area contributed by atoms with Gasteiger partial charge in [-0.05, 0) is 19.1 Å². The molecule has 80 valence electrons. The van der Waals surface area contributed by atoms with Crippen molar-refractivity contribution in [1.82, 2.24) is 9.78 Å². The van der Waals surface area contributed by atoms with Crippen LogP contribution in [-0.4, -0.2) is 15.0 Å². The molecule has 0 fully saturated rings. The van der Waals surface area contributed by atoms with E-state index in [2.05, 4.69) is 32.8 Å². The molecule has 4 heteroatoms. The van der Waals surface area contributed by atoms with Gasteiger partial charge in [0.05, 0.1) is 5.69 Å². The topological polar surface area (TPSA) is 43.8 Å². The molecule has 0 aromatic carbocycles. The first kappa shape index (κ1) is 11.4. The third-order valence-corrected chi connectivity index (χ3v) is 3.01. The van der Waals surface area contributed by atoms with Crippen LogP contribution in [0.3, 0.4) is 0 Å². The van der Waals surface area contributed by atoms with Gasteiger partial charge in [-0.1, -0.05) is 13.8 Å². The fourth-order valence-electron chi connectivity index (χ4n) is 1.26. The minimum Gasteiger partial charge on any atom is -0.382 e. The summed E-state index contributed by atoms with van der Waals surface area (Å²) in [4.78, 5) is 0. The highest BCUT2D eigenvalue weighted by atomic mass is 32.2. The lowest BCUT2D eigenvalue weighted by Crippen LogP contribution is -2.07. The Balaban J connectivity index is 2.74. The molecule has 0 radical (unpaired) electrons. The first-order valence-corrected chi connectivity index (χ1v) is 6.01. The molecule has 0 atom stereocenters. The van der Waals surface area contributed by atoms with Gasteiger partial charge in [-0.25, -0.2) is 0 Å².